The van der Waals surface area contributed by atoms with Gasteiger partial charge in [-0.2, -0.15) is 0 Å². The second-order valence-corrected chi connectivity index (χ2v) is 7.42. The molecule has 4 atom stereocenters. The average molecular weight is 331 g/mol. The van der Waals surface area contributed by atoms with Gasteiger partial charge >= 0.3 is 0 Å². The standard InChI is InChI=1S/C17H25N5O2/c1-18-6-15-16(22-11-2-3-12(22)10-23-9-11)5-17(20-19-15)21-7-13-4-14(8-21)24-13/h5,11-14,18H,2-4,6-10H2,1H3. The number of hydrogen-bond acceptors (Lipinski definition) is 7. The Kier molecular flexibility index (Phi) is 3.61. The molecular formula is C17H25N5O2. The topological polar surface area (TPSA) is 62.8 Å². The van der Waals surface area contributed by atoms with Crippen LogP contribution in [0.4, 0.5) is 11.5 Å². The zero-order valence-corrected chi connectivity index (χ0v) is 14.1. The maximum absolute atomic E-state index is 5.75. The Morgan fingerprint density at radius 2 is 1.88 bits per heavy atom. The van der Waals surface area contributed by atoms with E-state index in [1.165, 1.54) is 24.9 Å². The van der Waals surface area contributed by atoms with Crippen molar-refractivity contribution in [3.05, 3.63) is 11.8 Å². The molecule has 1 N–H and O–H groups in total. The molecule has 0 radical (unpaired) electrons. The molecule has 0 aromatic carbocycles. The summed E-state index contributed by atoms with van der Waals surface area (Å²) in [4.78, 5) is 4.89. The van der Waals surface area contributed by atoms with Gasteiger partial charge in [-0.3, -0.25) is 0 Å². The summed E-state index contributed by atoms with van der Waals surface area (Å²) in [6, 6.07) is 3.21. The van der Waals surface area contributed by atoms with Gasteiger partial charge in [-0.15, -0.1) is 10.2 Å². The van der Waals surface area contributed by atoms with Gasteiger partial charge in [0, 0.05) is 32.1 Å². The van der Waals surface area contributed by atoms with Crippen LogP contribution in [0, 0.1) is 0 Å². The molecule has 1 aromatic heterocycles. The Hall–Kier alpha value is -1.44. The number of hydrogen-bond donors (Lipinski definition) is 1. The predicted octanol–water partition coefficient (Wildman–Crippen LogP) is 0.541. The Morgan fingerprint density at radius 1 is 1.17 bits per heavy atom. The number of nitrogens with one attached hydrogen (secondary N) is 1. The summed E-state index contributed by atoms with van der Waals surface area (Å²) in [5, 5.41) is 12.3. The van der Waals surface area contributed by atoms with E-state index >= 15 is 0 Å². The molecule has 6 rings (SSSR count). The first-order chi connectivity index (χ1) is 11.8. The first-order valence-electron chi connectivity index (χ1n) is 9.09. The van der Waals surface area contributed by atoms with Crippen molar-refractivity contribution >= 4 is 11.5 Å². The minimum Gasteiger partial charge on any atom is -0.377 e. The second kappa shape index (κ2) is 5.82. The van der Waals surface area contributed by atoms with Gasteiger partial charge in [0.15, 0.2) is 5.82 Å². The zero-order valence-electron chi connectivity index (χ0n) is 14.1. The fraction of sp³-hybridized carbons (Fsp3) is 0.765. The van der Waals surface area contributed by atoms with Crippen LogP contribution >= 0.6 is 0 Å². The molecule has 5 fully saturated rings. The van der Waals surface area contributed by atoms with Crippen molar-refractivity contribution in [3.8, 4) is 0 Å². The number of ether oxygens (including phenoxy) is 2. The van der Waals surface area contributed by atoms with E-state index in [0.29, 0.717) is 24.3 Å². The van der Waals surface area contributed by atoms with Crippen LogP contribution in [-0.4, -0.2) is 67.8 Å². The van der Waals surface area contributed by atoms with Crippen molar-refractivity contribution in [1.82, 2.24) is 15.5 Å². The Morgan fingerprint density at radius 3 is 2.54 bits per heavy atom. The van der Waals surface area contributed by atoms with Crippen LogP contribution in [0.1, 0.15) is 25.0 Å². The van der Waals surface area contributed by atoms with E-state index in [4.69, 9.17) is 9.47 Å². The van der Waals surface area contributed by atoms with Crippen LogP contribution in [0.25, 0.3) is 0 Å². The molecule has 5 aliphatic rings. The molecule has 0 amide bonds. The molecule has 0 saturated carbocycles. The van der Waals surface area contributed by atoms with Crippen LogP contribution in [0.2, 0.25) is 0 Å². The molecule has 5 aliphatic heterocycles. The molecule has 4 unspecified atom stereocenters. The van der Waals surface area contributed by atoms with Crippen molar-refractivity contribution in [1.29, 1.82) is 0 Å². The van der Waals surface area contributed by atoms with E-state index < -0.39 is 0 Å². The van der Waals surface area contributed by atoms with E-state index in [0.717, 1.165) is 44.4 Å². The quantitative estimate of drug-likeness (QED) is 0.864. The molecule has 7 heteroatoms. The molecule has 130 valence electrons. The van der Waals surface area contributed by atoms with E-state index in [2.05, 4.69) is 31.4 Å². The fourth-order valence-electron chi connectivity index (χ4n) is 4.63. The molecule has 5 saturated heterocycles. The molecule has 4 bridgehead atoms. The third kappa shape index (κ3) is 2.37. The van der Waals surface area contributed by atoms with Crippen LogP contribution in [0.5, 0.6) is 0 Å². The van der Waals surface area contributed by atoms with Crippen LogP contribution in [-0.2, 0) is 16.0 Å². The summed E-state index contributed by atoms with van der Waals surface area (Å²) < 4.78 is 11.5. The van der Waals surface area contributed by atoms with Gasteiger partial charge in [0.05, 0.1) is 43.2 Å². The number of nitrogens with zero attached hydrogens (tertiary/aromatic N) is 4. The first-order valence-corrected chi connectivity index (χ1v) is 9.09. The minimum absolute atomic E-state index is 0.380. The van der Waals surface area contributed by atoms with E-state index in [1.54, 1.807) is 0 Å². The number of anilines is 2. The number of piperidine rings is 1. The highest BCUT2D eigenvalue weighted by molar-refractivity contribution is 5.60. The number of fused-ring (bicyclic) bond motifs is 4. The second-order valence-electron chi connectivity index (χ2n) is 7.42. The summed E-state index contributed by atoms with van der Waals surface area (Å²) >= 11 is 0. The lowest BCUT2D eigenvalue weighted by molar-refractivity contribution is -0.133. The highest BCUT2D eigenvalue weighted by atomic mass is 16.5. The summed E-state index contributed by atoms with van der Waals surface area (Å²) in [7, 11) is 1.96. The molecule has 24 heavy (non-hydrogen) atoms. The van der Waals surface area contributed by atoms with E-state index in [-0.39, 0.29) is 0 Å². The van der Waals surface area contributed by atoms with Crippen LogP contribution in [0.15, 0.2) is 6.07 Å². The van der Waals surface area contributed by atoms with Crippen molar-refractivity contribution in [2.45, 2.75) is 50.1 Å². The largest absolute Gasteiger partial charge is 0.377 e. The predicted molar refractivity (Wildman–Crippen MR) is 90.4 cm³/mol. The maximum atomic E-state index is 5.75. The zero-order chi connectivity index (χ0) is 16.1. The van der Waals surface area contributed by atoms with Gasteiger partial charge in [-0.1, -0.05) is 0 Å². The van der Waals surface area contributed by atoms with Crippen LogP contribution in [0.3, 0.4) is 0 Å². The number of rotatable bonds is 4. The fourth-order valence-corrected chi connectivity index (χ4v) is 4.63. The van der Waals surface area contributed by atoms with Gasteiger partial charge in [0.2, 0.25) is 0 Å². The van der Waals surface area contributed by atoms with Crippen LogP contribution < -0.4 is 15.1 Å². The maximum Gasteiger partial charge on any atom is 0.153 e. The van der Waals surface area contributed by atoms with Gasteiger partial charge < -0.3 is 24.6 Å². The third-order valence-electron chi connectivity index (χ3n) is 5.78. The van der Waals surface area contributed by atoms with Gasteiger partial charge in [0.25, 0.3) is 0 Å². The molecule has 0 spiro atoms. The molecule has 7 nitrogen and oxygen atoms in total. The van der Waals surface area contributed by atoms with Crippen molar-refractivity contribution < 1.29 is 9.47 Å². The smallest absolute Gasteiger partial charge is 0.153 e. The minimum atomic E-state index is 0.380. The van der Waals surface area contributed by atoms with Crippen molar-refractivity contribution in [2.24, 2.45) is 0 Å². The first kappa shape index (κ1) is 14.9. The van der Waals surface area contributed by atoms with E-state index in [1.807, 2.05) is 7.05 Å². The molecule has 1 aromatic rings. The van der Waals surface area contributed by atoms with Crippen molar-refractivity contribution in [3.63, 3.8) is 0 Å². The van der Waals surface area contributed by atoms with Gasteiger partial charge in [0.1, 0.15) is 5.69 Å². The number of morpholine rings is 2. The third-order valence-corrected chi connectivity index (χ3v) is 5.78. The summed E-state index contributed by atoms with van der Waals surface area (Å²) in [5.41, 5.74) is 2.28. The SMILES string of the molecule is CNCc1nnc(N2CC3CC(C2)O3)cc1N1C2CCC1COC2. The lowest BCUT2D eigenvalue weighted by atomic mass is 9.99. The van der Waals surface area contributed by atoms with E-state index in [9.17, 15) is 0 Å². The number of aromatic nitrogens is 2. The lowest BCUT2D eigenvalue weighted by Gasteiger charge is -2.47. The Labute approximate surface area is 142 Å². The molecule has 0 aliphatic carbocycles. The Bertz CT molecular complexity index is 595. The lowest BCUT2D eigenvalue weighted by Crippen LogP contribution is -2.57. The van der Waals surface area contributed by atoms with Crippen molar-refractivity contribution in [2.75, 3.05) is 43.2 Å². The average Bonchev–Trinajstić information content (AvgIpc) is 2.83. The summed E-state index contributed by atoms with van der Waals surface area (Å²) in [5.74, 6) is 0.994. The monoisotopic (exact) mass is 331 g/mol. The van der Waals surface area contributed by atoms with Gasteiger partial charge in [-0.25, -0.2) is 0 Å². The summed E-state index contributed by atoms with van der Waals surface area (Å²) in [6.45, 7) is 4.27. The molecular weight excluding hydrogens is 306 g/mol. The van der Waals surface area contributed by atoms with Gasteiger partial charge in [-0.05, 0) is 19.9 Å². The normalized spacial score (nSPS) is 34.4. The summed E-state index contributed by atoms with van der Waals surface area (Å²) in [6.07, 6.45) is 4.38. The highest BCUT2D eigenvalue weighted by Crippen LogP contribution is 2.37. The highest BCUT2D eigenvalue weighted by Gasteiger charge is 2.41. The Balaban J connectivity index is 1.48. The molecule has 6 heterocycles.